The van der Waals surface area contributed by atoms with Crippen LogP contribution in [0.1, 0.15) is 20.8 Å². The highest BCUT2D eigenvalue weighted by molar-refractivity contribution is 6.35. The van der Waals surface area contributed by atoms with Gasteiger partial charge in [-0.3, -0.25) is 0 Å². The van der Waals surface area contributed by atoms with Gasteiger partial charge >= 0.3 is 0 Å². The summed E-state index contributed by atoms with van der Waals surface area (Å²) in [5.74, 6) is 0. The van der Waals surface area contributed by atoms with Crippen molar-refractivity contribution in [3.05, 3.63) is 0 Å². The second-order valence-electron chi connectivity index (χ2n) is 3.52. The second-order valence-corrected chi connectivity index (χ2v) is 9.29. The van der Waals surface area contributed by atoms with Gasteiger partial charge in [0.1, 0.15) is 0 Å². The van der Waals surface area contributed by atoms with E-state index in [2.05, 4.69) is 20.8 Å². The summed E-state index contributed by atoms with van der Waals surface area (Å²) < 4.78 is 0. The van der Waals surface area contributed by atoms with Crippen molar-refractivity contribution in [1.82, 2.24) is 0 Å². The normalized spacial score (nSPS) is 17.6. The van der Waals surface area contributed by atoms with Crippen LogP contribution in [0.5, 0.6) is 0 Å². The third-order valence-corrected chi connectivity index (χ3v) is 5.20. The molecular formula is C5H16Si2. The van der Waals surface area contributed by atoms with E-state index in [1.54, 1.807) is 0 Å². The van der Waals surface area contributed by atoms with E-state index in [1.165, 1.54) is 20.5 Å². The molecule has 0 radical (unpaired) electrons. The molecule has 0 aliphatic carbocycles. The first kappa shape index (κ1) is 7.43. The molecule has 7 heavy (non-hydrogen) atoms. The first-order chi connectivity index (χ1) is 2.94. The zero-order valence-corrected chi connectivity index (χ0v) is 10.1. The van der Waals surface area contributed by atoms with Crippen molar-refractivity contribution in [2.75, 3.05) is 0 Å². The Hall–Kier alpha value is 0.434. The number of hydrogen-bond donors (Lipinski definition) is 0. The lowest BCUT2D eigenvalue weighted by molar-refractivity contribution is 0.444. The van der Waals surface area contributed by atoms with Crippen molar-refractivity contribution in [3.63, 3.8) is 0 Å². The minimum absolute atomic E-state index is 0.623. The molecule has 44 valence electrons. The first-order valence-corrected chi connectivity index (χ1v) is 5.25. The molecular weight excluding hydrogens is 116 g/mol. The highest BCUT2D eigenvalue weighted by Gasteiger charge is 2.13. The summed E-state index contributed by atoms with van der Waals surface area (Å²) in [7, 11) is 2.78. The molecule has 0 N–H and O–H groups in total. The Balaban J connectivity index is 3.54. The average molecular weight is 132 g/mol. The predicted octanol–water partition coefficient (Wildman–Crippen LogP) is -0.491. The zero-order chi connectivity index (χ0) is 6.08. The molecule has 0 bridgehead atoms. The van der Waals surface area contributed by atoms with Crippen molar-refractivity contribution in [2.24, 2.45) is 5.41 Å². The summed E-state index contributed by atoms with van der Waals surface area (Å²) in [5.41, 5.74) is 0.623. The maximum atomic E-state index is 2.33. The van der Waals surface area contributed by atoms with Crippen molar-refractivity contribution in [3.8, 4) is 0 Å². The lowest BCUT2D eigenvalue weighted by Gasteiger charge is -2.22. The Morgan fingerprint density at radius 2 is 1.29 bits per heavy atom. The van der Waals surface area contributed by atoms with E-state index >= 15 is 0 Å². The van der Waals surface area contributed by atoms with Crippen LogP contribution in [0.25, 0.3) is 0 Å². The van der Waals surface area contributed by atoms with Gasteiger partial charge in [0.2, 0.25) is 0 Å². The van der Waals surface area contributed by atoms with Crippen molar-refractivity contribution in [1.29, 1.82) is 0 Å². The van der Waals surface area contributed by atoms with Gasteiger partial charge in [-0.25, -0.2) is 0 Å². The molecule has 0 rings (SSSR count). The van der Waals surface area contributed by atoms with E-state index in [4.69, 9.17) is 0 Å². The maximum Gasteiger partial charge on any atom is 0.00310 e. The van der Waals surface area contributed by atoms with E-state index < -0.39 is 0 Å². The predicted molar refractivity (Wildman–Crippen MR) is 43.1 cm³/mol. The molecule has 0 unspecified atom stereocenters. The Kier molecular flexibility index (Phi) is 2.27. The van der Waals surface area contributed by atoms with Gasteiger partial charge in [0.05, 0.1) is 0 Å². The first-order valence-electron chi connectivity index (χ1n) is 2.94. The van der Waals surface area contributed by atoms with Gasteiger partial charge < -0.3 is 0 Å². The van der Waals surface area contributed by atoms with E-state index in [0.29, 0.717) is 5.41 Å². The van der Waals surface area contributed by atoms with Crippen molar-refractivity contribution >= 4 is 20.5 Å². The minimum atomic E-state index is 0.623. The monoisotopic (exact) mass is 132 g/mol. The fraction of sp³-hybridized carbons (Fsp3) is 1.00. The third-order valence-electron chi connectivity index (χ3n) is 1.73. The van der Waals surface area contributed by atoms with E-state index in [1.807, 2.05) is 0 Å². The molecule has 0 spiro atoms. The molecule has 0 saturated carbocycles. The van der Waals surface area contributed by atoms with Crippen molar-refractivity contribution in [2.45, 2.75) is 25.9 Å². The van der Waals surface area contributed by atoms with Crippen LogP contribution in [0, 0.1) is 5.41 Å². The molecule has 0 nitrogen and oxygen atoms in total. The summed E-state index contributed by atoms with van der Waals surface area (Å²) in [4.78, 5) is 0. The van der Waals surface area contributed by atoms with Crippen LogP contribution in [0.4, 0.5) is 0 Å². The van der Waals surface area contributed by atoms with Gasteiger partial charge in [-0.2, -0.15) is 0 Å². The summed E-state index contributed by atoms with van der Waals surface area (Å²) >= 11 is 0. The molecule has 0 aromatic rings. The highest BCUT2D eigenvalue weighted by Crippen LogP contribution is 2.24. The Morgan fingerprint density at radius 3 is 1.29 bits per heavy atom. The molecule has 2 heteroatoms. The summed E-state index contributed by atoms with van der Waals surface area (Å²) in [6.45, 7) is 6.99. The number of hydrogen-bond acceptors (Lipinski definition) is 0. The van der Waals surface area contributed by atoms with Crippen LogP contribution in [0.3, 0.4) is 0 Å². The van der Waals surface area contributed by atoms with Gasteiger partial charge in [-0.05, 0) is 5.41 Å². The Labute approximate surface area is 52.5 Å². The summed E-state index contributed by atoms with van der Waals surface area (Å²) in [5, 5.41) is 1.08. The summed E-state index contributed by atoms with van der Waals surface area (Å²) in [6.07, 6.45) is 0. The number of rotatable bonds is 0. The van der Waals surface area contributed by atoms with Crippen LogP contribution >= 0.6 is 0 Å². The highest BCUT2D eigenvalue weighted by atomic mass is 28.2. The molecule has 0 atom stereocenters. The van der Waals surface area contributed by atoms with Gasteiger partial charge in [0, 0.05) is 20.5 Å². The van der Waals surface area contributed by atoms with E-state index in [9.17, 15) is 0 Å². The molecule has 0 aromatic carbocycles. The lowest BCUT2D eigenvalue weighted by atomic mass is 10.00. The molecule has 0 saturated heterocycles. The summed E-state index contributed by atoms with van der Waals surface area (Å²) in [6, 6.07) is 0. The van der Waals surface area contributed by atoms with Crippen LogP contribution in [0.2, 0.25) is 5.16 Å². The van der Waals surface area contributed by atoms with E-state index in [-0.39, 0.29) is 0 Å². The molecule has 0 aliphatic heterocycles. The average Bonchev–Trinajstić information content (AvgIpc) is 1.31. The topological polar surface area (TPSA) is 0 Å². The fourth-order valence-corrected chi connectivity index (χ4v) is 0. The molecule has 0 heterocycles. The smallest absolute Gasteiger partial charge is 0.00310 e. The van der Waals surface area contributed by atoms with Gasteiger partial charge in [-0.15, -0.1) is 0 Å². The second kappa shape index (κ2) is 2.13. The largest absolute Gasteiger partial charge is 0.0616 e. The van der Waals surface area contributed by atoms with Crippen LogP contribution in [-0.2, 0) is 0 Å². The Bertz CT molecular complexity index is 51.6. The lowest BCUT2D eigenvalue weighted by Crippen LogP contribution is -2.14. The van der Waals surface area contributed by atoms with Gasteiger partial charge in [0.25, 0.3) is 0 Å². The Morgan fingerprint density at radius 1 is 1.14 bits per heavy atom. The zero-order valence-electron chi connectivity index (χ0n) is 6.08. The minimum Gasteiger partial charge on any atom is -0.0616 e. The van der Waals surface area contributed by atoms with Crippen LogP contribution in [0.15, 0.2) is 0 Å². The van der Waals surface area contributed by atoms with Crippen molar-refractivity contribution < 1.29 is 0 Å². The van der Waals surface area contributed by atoms with Crippen LogP contribution in [-0.4, -0.2) is 20.5 Å². The molecule has 0 aromatic heterocycles. The molecule has 0 aliphatic rings. The van der Waals surface area contributed by atoms with Gasteiger partial charge in [0.15, 0.2) is 0 Å². The quantitative estimate of drug-likeness (QED) is 0.390. The molecule has 0 fully saturated rings. The standard InChI is InChI=1S/C5H16Si2/c1-5(2,3)4(6)7/h4H,1-3,6-7H3. The van der Waals surface area contributed by atoms with Gasteiger partial charge in [-0.1, -0.05) is 25.9 Å². The SMILES string of the molecule is CC(C)(C)C([SiH3])[SiH3]. The van der Waals surface area contributed by atoms with Crippen LogP contribution < -0.4 is 0 Å². The van der Waals surface area contributed by atoms with E-state index in [0.717, 1.165) is 5.16 Å². The third kappa shape index (κ3) is 3.06. The fourth-order valence-electron chi connectivity index (χ4n) is 0. The maximum absolute atomic E-state index is 2.33. The molecule has 0 amide bonds.